The van der Waals surface area contributed by atoms with E-state index in [1.54, 1.807) is 12.1 Å². The van der Waals surface area contributed by atoms with Gasteiger partial charge in [-0.2, -0.15) is 0 Å². The van der Waals surface area contributed by atoms with Crippen molar-refractivity contribution in [2.24, 2.45) is 0 Å². The first-order valence-corrected chi connectivity index (χ1v) is 6.39. The number of rotatable bonds is 5. The van der Waals surface area contributed by atoms with Gasteiger partial charge in [-0.15, -0.1) is 0 Å². The fraction of sp³-hybridized carbons (Fsp3) is 0.538. The number of hydrogen-bond donors (Lipinski definition) is 3. The minimum Gasteiger partial charge on any atom is -0.480 e. The van der Waals surface area contributed by atoms with E-state index in [2.05, 4.69) is 5.32 Å². The van der Waals surface area contributed by atoms with E-state index in [0.717, 1.165) is 19.3 Å². The lowest BCUT2D eigenvalue weighted by atomic mass is 9.93. The van der Waals surface area contributed by atoms with Crippen LogP contribution in [0.1, 0.15) is 42.7 Å². The summed E-state index contributed by atoms with van der Waals surface area (Å²) < 4.78 is 1.87. The maximum atomic E-state index is 12.1. The highest BCUT2D eigenvalue weighted by Gasteiger charge is 2.28. The quantitative estimate of drug-likeness (QED) is 0.734. The van der Waals surface area contributed by atoms with Crippen LogP contribution in [0.15, 0.2) is 18.3 Å². The first kappa shape index (κ1) is 13.6. The Morgan fingerprint density at radius 2 is 2.16 bits per heavy atom. The summed E-state index contributed by atoms with van der Waals surface area (Å²) in [6.07, 6.45) is 3.90. The minimum atomic E-state index is -1.29. The Bertz CT molecular complexity index is 477. The number of carboxylic acid groups (broad SMARTS) is 1. The standard InChI is InChI=1S/C13H18N2O4/c1-8(16)11(13(18)19)14-12(17)10-6-3-7-15(10)9-4-2-5-9/h3,6-9,11,16H,2,4-5H2,1H3,(H,14,17)(H,18,19). The van der Waals surface area contributed by atoms with E-state index in [4.69, 9.17) is 5.11 Å². The summed E-state index contributed by atoms with van der Waals surface area (Å²) in [6.45, 7) is 1.34. The Morgan fingerprint density at radius 1 is 1.47 bits per heavy atom. The van der Waals surface area contributed by atoms with Gasteiger partial charge in [0.15, 0.2) is 6.04 Å². The molecule has 19 heavy (non-hydrogen) atoms. The molecule has 0 spiro atoms. The summed E-state index contributed by atoms with van der Waals surface area (Å²) in [4.78, 5) is 23.0. The van der Waals surface area contributed by atoms with Gasteiger partial charge in [-0.1, -0.05) is 0 Å². The molecular weight excluding hydrogens is 248 g/mol. The van der Waals surface area contributed by atoms with Crippen LogP contribution in [0.4, 0.5) is 0 Å². The first-order valence-electron chi connectivity index (χ1n) is 6.39. The summed E-state index contributed by atoms with van der Waals surface area (Å²) in [6, 6.07) is 2.46. The monoisotopic (exact) mass is 266 g/mol. The summed E-state index contributed by atoms with van der Waals surface area (Å²) in [7, 11) is 0. The zero-order valence-corrected chi connectivity index (χ0v) is 10.7. The van der Waals surface area contributed by atoms with Crippen molar-refractivity contribution in [2.75, 3.05) is 0 Å². The van der Waals surface area contributed by atoms with E-state index in [1.165, 1.54) is 6.92 Å². The summed E-state index contributed by atoms with van der Waals surface area (Å²) >= 11 is 0. The van der Waals surface area contributed by atoms with Crippen LogP contribution >= 0.6 is 0 Å². The maximum Gasteiger partial charge on any atom is 0.328 e. The number of aliphatic hydroxyl groups excluding tert-OH is 1. The van der Waals surface area contributed by atoms with E-state index >= 15 is 0 Å². The number of aliphatic hydroxyl groups is 1. The number of aliphatic carboxylic acids is 1. The predicted octanol–water partition coefficient (Wildman–Crippen LogP) is 0.777. The lowest BCUT2D eigenvalue weighted by Crippen LogP contribution is -2.48. The van der Waals surface area contributed by atoms with Crippen LogP contribution in [-0.4, -0.2) is 38.8 Å². The van der Waals surface area contributed by atoms with Crippen LogP contribution in [-0.2, 0) is 4.79 Å². The van der Waals surface area contributed by atoms with Crippen molar-refractivity contribution in [1.29, 1.82) is 0 Å². The van der Waals surface area contributed by atoms with Gasteiger partial charge in [0.25, 0.3) is 5.91 Å². The van der Waals surface area contributed by atoms with Crippen molar-refractivity contribution >= 4 is 11.9 Å². The van der Waals surface area contributed by atoms with Crippen molar-refractivity contribution in [2.45, 2.75) is 44.4 Å². The zero-order chi connectivity index (χ0) is 14.0. The van der Waals surface area contributed by atoms with Crippen molar-refractivity contribution in [3.05, 3.63) is 24.0 Å². The molecule has 0 saturated heterocycles. The Kier molecular flexibility index (Phi) is 3.90. The van der Waals surface area contributed by atoms with Crippen LogP contribution in [0.3, 0.4) is 0 Å². The molecule has 2 rings (SSSR count). The summed E-state index contributed by atoms with van der Waals surface area (Å²) in [5.41, 5.74) is 0.441. The van der Waals surface area contributed by atoms with E-state index in [9.17, 15) is 14.7 Å². The number of amides is 1. The molecule has 1 saturated carbocycles. The molecule has 1 aromatic heterocycles. The number of aromatic nitrogens is 1. The average molecular weight is 266 g/mol. The molecule has 1 aliphatic carbocycles. The van der Waals surface area contributed by atoms with Gasteiger partial charge in [0, 0.05) is 12.2 Å². The predicted molar refractivity (Wildman–Crippen MR) is 67.9 cm³/mol. The Labute approximate surface area is 111 Å². The third-order valence-electron chi connectivity index (χ3n) is 3.51. The molecule has 0 aliphatic heterocycles. The summed E-state index contributed by atoms with van der Waals surface area (Å²) in [5.74, 6) is -1.71. The molecule has 0 bridgehead atoms. The zero-order valence-electron chi connectivity index (χ0n) is 10.7. The molecule has 0 radical (unpaired) electrons. The molecule has 104 valence electrons. The third-order valence-corrected chi connectivity index (χ3v) is 3.51. The van der Waals surface area contributed by atoms with Gasteiger partial charge in [0.05, 0.1) is 6.10 Å². The van der Waals surface area contributed by atoms with Crippen molar-refractivity contribution < 1.29 is 19.8 Å². The number of hydrogen-bond acceptors (Lipinski definition) is 3. The molecule has 1 aromatic rings. The number of carbonyl (C=O) groups excluding carboxylic acids is 1. The van der Waals surface area contributed by atoms with E-state index in [1.807, 2.05) is 10.8 Å². The van der Waals surface area contributed by atoms with Crippen molar-refractivity contribution in [1.82, 2.24) is 9.88 Å². The first-order chi connectivity index (χ1) is 9.00. The van der Waals surface area contributed by atoms with Gasteiger partial charge < -0.3 is 20.1 Å². The van der Waals surface area contributed by atoms with E-state index in [-0.39, 0.29) is 0 Å². The Balaban J connectivity index is 2.11. The minimum absolute atomic E-state index is 0.325. The Morgan fingerprint density at radius 3 is 2.63 bits per heavy atom. The van der Waals surface area contributed by atoms with Gasteiger partial charge in [-0.05, 0) is 38.3 Å². The van der Waals surface area contributed by atoms with Crippen LogP contribution in [0.25, 0.3) is 0 Å². The second-order valence-electron chi connectivity index (χ2n) is 4.92. The fourth-order valence-electron chi connectivity index (χ4n) is 2.17. The highest BCUT2D eigenvalue weighted by molar-refractivity contribution is 5.95. The molecule has 6 nitrogen and oxygen atoms in total. The second-order valence-corrected chi connectivity index (χ2v) is 4.92. The molecular formula is C13H18N2O4. The van der Waals surface area contributed by atoms with Crippen molar-refractivity contribution in [3.63, 3.8) is 0 Å². The van der Waals surface area contributed by atoms with Gasteiger partial charge in [0.1, 0.15) is 5.69 Å². The largest absolute Gasteiger partial charge is 0.480 e. The SMILES string of the molecule is CC(O)C(NC(=O)c1cccn1C1CCC1)C(=O)O. The molecule has 1 amide bonds. The van der Waals surface area contributed by atoms with Gasteiger partial charge >= 0.3 is 5.97 Å². The van der Waals surface area contributed by atoms with Crippen LogP contribution in [0.5, 0.6) is 0 Å². The second kappa shape index (κ2) is 5.44. The lowest BCUT2D eigenvalue weighted by Gasteiger charge is -2.29. The maximum absolute atomic E-state index is 12.1. The molecule has 0 aromatic carbocycles. The molecule has 6 heteroatoms. The van der Waals surface area contributed by atoms with Gasteiger partial charge in [0.2, 0.25) is 0 Å². The van der Waals surface area contributed by atoms with E-state index < -0.39 is 24.0 Å². The molecule has 1 fully saturated rings. The topological polar surface area (TPSA) is 91.6 Å². The molecule has 2 unspecified atom stereocenters. The lowest BCUT2D eigenvalue weighted by molar-refractivity contribution is -0.141. The fourth-order valence-corrected chi connectivity index (χ4v) is 2.17. The van der Waals surface area contributed by atoms with Crippen LogP contribution < -0.4 is 5.32 Å². The highest BCUT2D eigenvalue weighted by Crippen LogP contribution is 2.32. The number of carbonyl (C=O) groups is 2. The third kappa shape index (κ3) is 2.78. The van der Waals surface area contributed by atoms with Gasteiger partial charge in [-0.3, -0.25) is 4.79 Å². The molecule has 1 heterocycles. The summed E-state index contributed by atoms with van der Waals surface area (Å²) in [5, 5.41) is 20.7. The average Bonchev–Trinajstić information content (AvgIpc) is 2.71. The van der Waals surface area contributed by atoms with E-state index in [0.29, 0.717) is 11.7 Å². The molecule has 1 aliphatic rings. The highest BCUT2D eigenvalue weighted by atomic mass is 16.4. The van der Waals surface area contributed by atoms with Gasteiger partial charge in [-0.25, -0.2) is 4.79 Å². The Hall–Kier alpha value is -1.82. The number of nitrogens with one attached hydrogen (secondary N) is 1. The normalized spacial score (nSPS) is 18.4. The number of nitrogens with zero attached hydrogens (tertiary/aromatic N) is 1. The molecule has 2 atom stereocenters. The molecule has 3 N–H and O–H groups in total. The van der Waals surface area contributed by atoms with Crippen LogP contribution in [0, 0.1) is 0 Å². The van der Waals surface area contributed by atoms with Crippen LogP contribution in [0.2, 0.25) is 0 Å². The smallest absolute Gasteiger partial charge is 0.328 e. The number of carboxylic acids is 1. The van der Waals surface area contributed by atoms with Crippen molar-refractivity contribution in [3.8, 4) is 0 Å².